The van der Waals surface area contributed by atoms with Gasteiger partial charge in [0.25, 0.3) is 0 Å². The standard InChI is InChI=1S/C26H30N2O6/c1-2-7-23(24(29)27-13-17-12-16(14-33-17)25(30)31)28-26(32)34-15-22-20-10-5-3-8-18(20)19-9-4-6-11-21(19)22/h3-6,8-11,16-17,22-23H,2,7,12-15H2,1H3,(H,27,29)(H,28,32)(H,30,31). The van der Waals surface area contributed by atoms with Gasteiger partial charge in [-0.3, -0.25) is 9.59 Å². The Morgan fingerprint density at radius 2 is 1.74 bits per heavy atom. The van der Waals surface area contributed by atoms with Crippen molar-refractivity contribution in [3.8, 4) is 11.1 Å². The van der Waals surface area contributed by atoms with Gasteiger partial charge in [-0.15, -0.1) is 0 Å². The molecular formula is C26H30N2O6. The summed E-state index contributed by atoms with van der Waals surface area (Å²) < 4.78 is 11.0. The Morgan fingerprint density at radius 1 is 1.09 bits per heavy atom. The van der Waals surface area contributed by atoms with Crippen LogP contribution in [0.15, 0.2) is 48.5 Å². The minimum absolute atomic E-state index is 0.0571. The maximum absolute atomic E-state index is 12.7. The van der Waals surface area contributed by atoms with E-state index in [0.717, 1.165) is 22.3 Å². The molecule has 0 radical (unpaired) electrons. The average molecular weight is 467 g/mol. The largest absolute Gasteiger partial charge is 0.481 e. The number of hydrogen-bond acceptors (Lipinski definition) is 5. The van der Waals surface area contributed by atoms with E-state index in [1.165, 1.54) is 0 Å². The second-order valence-electron chi connectivity index (χ2n) is 8.78. The Balaban J connectivity index is 1.31. The predicted molar refractivity (Wildman–Crippen MR) is 125 cm³/mol. The maximum atomic E-state index is 12.7. The summed E-state index contributed by atoms with van der Waals surface area (Å²) in [5.74, 6) is -1.84. The smallest absolute Gasteiger partial charge is 0.407 e. The maximum Gasteiger partial charge on any atom is 0.407 e. The fourth-order valence-corrected chi connectivity index (χ4v) is 4.70. The zero-order chi connectivity index (χ0) is 24.1. The molecule has 3 unspecified atom stereocenters. The molecule has 0 bridgehead atoms. The summed E-state index contributed by atoms with van der Waals surface area (Å²) in [5, 5.41) is 14.5. The van der Waals surface area contributed by atoms with Gasteiger partial charge in [-0.25, -0.2) is 4.79 Å². The molecule has 180 valence electrons. The highest BCUT2D eigenvalue weighted by Crippen LogP contribution is 2.44. The number of carboxylic acid groups (broad SMARTS) is 1. The van der Waals surface area contributed by atoms with Crippen molar-refractivity contribution in [3.05, 3.63) is 59.7 Å². The third-order valence-electron chi connectivity index (χ3n) is 6.46. The van der Waals surface area contributed by atoms with Crippen LogP contribution >= 0.6 is 0 Å². The number of aliphatic carboxylic acids is 1. The number of ether oxygens (including phenoxy) is 2. The van der Waals surface area contributed by atoms with Gasteiger partial charge in [0.05, 0.1) is 18.6 Å². The summed E-state index contributed by atoms with van der Waals surface area (Å²) >= 11 is 0. The monoisotopic (exact) mass is 466 g/mol. The predicted octanol–water partition coefficient (Wildman–Crippen LogP) is 3.30. The van der Waals surface area contributed by atoms with Crippen LogP contribution in [0.2, 0.25) is 0 Å². The Morgan fingerprint density at radius 3 is 2.32 bits per heavy atom. The number of alkyl carbamates (subject to hydrolysis) is 1. The van der Waals surface area contributed by atoms with Crippen molar-refractivity contribution in [2.24, 2.45) is 5.92 Å². The Kier molecular flexibility index (Phi) is 7.47. The molecule has 0 spiro atoms. The third kappa shape index (κ3) is 5.22. The third-order valence-corrected chi connectivity index (χ3v) is 6.46. The molecule has 2 aromatic rings. The number of nitrogens with one attached hydrogen (secondary N) is 2. The first-order valence-corrected chi connectivity index (χ1v) is 11.7. The molecule has 1 fully saturated rings. The van der Waals surface area contributed by atoms with Crippen molar-refractivity contribution in [1.82, 2.24) is 10.6 Å². The summed E-state index contributed by atoms with van der Waals surface area (Å²) in [6.45, 7) is 2.45. The summed E-state index contributed by atoms with van der Waals surface area (Å²) in [6, 6.07) is 15.5. The second-order valence-corrected chi connectivity index (χ2v) is 8.78. The quantitative estimate of drug-likeness (QED) is 0.523. The zero-order valence-corrected chi connectivity index (χ0v) is 19.2. The van der Waals surface area contributed by atoms with Gasteiger partial charge >= 0.3 is 12.1 Å². The van der Waals surface area contributed by atoms with Crippen LogP contribution in [0, 0.1) is 5.92 Å². The molecule has 8 nitrogen and oxygen atoms in total. The van der Waals surface area contributed by atoms with Crippen LogP contribution in [0.25, 0.3) is 11.1 Å². The molecule has 1 heterocycles. The van der Waals surface area contributed by atoms with E-state index >= 15 is 0 Å². The van der Waals surface area contributed by atoms with Crippen LogP contribution in [-0.4, -0.2) is 55.0 Å². The van der Waals surface area contributed by atoms with Gasteiger partial charge in [-0.2, -0.15) is 0 Å². The van der Waals surface area contributed by atoms with E-state index in [2.05, 4.69) is 34.9 Å². The molecule has 2 aliphatic rings. The van der Waals surface area contributed by atoms with E-state index in [0.29, 0.717) is 19.3 Å². The number of benzene rings is 2. The van der Waals surface area contributed by atoms with Gasteiger partial charge in [-0.05, 0) is 35.1 Å². The minimum atomic E-state index is -0.894. The van der Waals surface area contributed by atoms with Crippen LogP contribution in [-0.2, 0) is 19.1 Å². The number of amides is 2. The number of carboxylic acids is 1. The Hall–Kier alpha value is -3.39. The fourth-order valence-electron chi connectivity index (χ4n) is 4.70. The van der Waals surface area contributed by atoms with Crippen molar-refractivity contribution in [3.63, 3.8) is 0 Å². The molecule has 1 saturated heterocycles. The highest BCUT2D eigenvalue weighted by Gasteiger charge is 2.32. The van der Waals surface area contributed by atoms with Gasteiger partial charge in [0.1, 0.15) is 12.6 Å². The SMILES string of the molecule is CCCC(NC(=O)OCC1c2ccccc2-c2ccccc21)C(=O)NCC1CC(C(=O)O)CO1. The van der Waals surface area contributed by atoms with Gasteiger partial charge in [0, 0.05) is 12.5 Å². The lowest BCUT2D eigenvalue weighted by Gasteiger charge is -2.20. The van der Waals surface area contributed by atoms with Crippen molar-refractivity contribution >= 4 is 18.0 Å². The number of carbonyl (C=O) groups excluding carboxylic acids is 2. The van der Waals surface area contributed by atoms with Gasteiger partial charge in [0.15, 0.2) is 0 Å². The highest BCUT2D eigenvalue weighted by atomic mass is 16.5. The lowest BCUT2D eigenvalue weighted by atomic mass is 9.98. The number of hydrogen-bond donors (Lipinski definition) is 3. The molecule has 2 aromatic carbocycles. The van der Waals surface area contributed by atoms with Crippen molar-refractivity contribution in [1.29, 1.82) is 0 Å². The van der Waals surface area contributed by atoms with Crippen molar-refractivity contribution in [2.45, 2.75) is 44.2 Å². The Bertz CT molecular complexity index is 1010. The van der Waals surface area contributed by atoms with E-state index in [1.54, 1.807) is 0 Å². The van der Waals surface area contributed by atoms with E-state index in [9.17, 15) is 14.4 Å². The molecule has 1 aliphatic carbocycles. The molecule has 0 aromatic heterocycles. The molecular weight excluding hydrogens is 436 g/mol. The number of rotatable bonds is 9. The molecule has 8 heteroatoms. The highest BCUT2D eigenvalue weighted by molar-refractivity contribution is 5.85. The topological polar surface area (TPSA) is 114 Å². The molecule has 2 amide bonds. The molecule has 3 atom stereocenters. The van der Waals surface area contributed by atoms with Crippen LogP contribution in [0.4, 0.5) is 4.79 Å². The van der Waals surface area contributed by atoms with Crippen LogP contribution in [0.3, 0.4) is 0 Å². The van der Waals surface area contributed by atoms with E-state index in [-0.39, 0.29) is 37.7 Å². The van der Waals surface area contributed by atoms with E-state index in [1.807, 2.05) is 31.2 Å². The van der Waals surface area contributed by atoms with Crippen molar-refractivity contribution < 1.29 is 29.0 Å². The lowest BCUT2D eigenvalue weighted by molar-refractivity contribution is -0.141. The molecule has 34 heavy (non-hydrogen) atoms. The van der Waals surface area contributed by atoms with E-state index < -0.39 is 24.0 Å². The van der Waals surface area contributed by atoms with Crippen LogP contribution in [0.5, 0.6) is 0 Å². The zero-order valence-electron chi connectivity index (χ0n) is 19.2. The normalized spacial score (nSPS) is 19.7. The summed E-state index contributed by atoms with van der Waals surface area (Å²) in [5.41, 5.74) is 4.54. The molecule has 4 rings (SSSR count). The first kappa shape index (κ1) is 23.8. The first-order chi connectivity index (χ1) is 16.5. The fraction of sp³-hybridized carbons (Fsp3) is 0.423. The van der Waals surface area contributed by atoms with Gasteiger partial charge in [0.2, 0.25) is 5.91 Å². The number of fused-ring (bicyclic) bond motifs is 3. The average Bonchev–Trinajstić information content (AvgIpc) is 3.44. The lowest BCUT2D eigenvalue weighted by Crippen LogP contribution is -2.48. The van der Waals surface area contributed by atoms with Gasteiger partial charge < -0.3 is 25.2 Å². The number of carbonyl (C=O) groups is 3. The molecule has 0 saturated carbocycles. The second kappa shape index (κ2) is 10.7. The summed E-state index contributed by atoms with van der Waals surface area (Å²) in [6.07, 6.45) is 0.524. The Labute approximate surface area is 198 Å². The van der Waals surface area contributed by atoms with Crippen LogP contribution < -0.4 is 10.6 Å². The van der Waals surface area contributed by atoms with E-state index in [4.69, 9.17) is 14.6 Å². The van der Waals surface area contributed by atoms with Crippen LogP contribution in [0.1, 0.15) is 43.2 Å². The van der Waals surface area contributed by atoms with Crippen molar-refractivity contribution in [2.75, 3.05) is 19.8 Å². The summed E-state index contributed by atoms with van der Waals surface area (Å²) in [4.78, 5) is 36.3. The molecule has 3 N–H and O–H groups in total. The minimum Gasteiger partial charge on any atom is -0.481 e. The molecule has 1 aliphatic heterocycles. The van der Waals surface area contributed by atoms with Gasteiger partial charge in [-0.1, -0.05) is 61.9 Å². The summed E-state index contributed by atoms with van der Waals surface area (Å²) in [7, 11) is 0. The first-order valence-electron chi connectivity index (χ1n) is 11.7.